The molecule has 0 spiro atoms. The smallest absolute Gasteiger partial charge is 0.340 e. The number of nitrogens with two attached hydrogens (primary N) is 2. The maximum atomic E-state index is 12.7. The number of nitrogen functional groups attached to an aromatic ring is 1. The van der Waals surface area contributed by atoms with Crippen molar-refractivity contribution in [3.63, 3.8) is 0 Å². The molecule has 1 fully saturated rings. The van der Waals surface area contributed by atoms with Crippen LogP contribution in [0.2, 0.25) is 5.02 Å². The highest BCUT2D eigenvalue weighted by Gasteiger charge is 2.22. The van der Waals surface area contributed by atoms with E-state index < -0.39 is 10.1 Å². The number of rotatable bonds is 7. The Morgan fingerprint density at radius 2 is 1.84 bits per heavy atom. The van der Waals surface area contributed by atoms with Crippen LogP contribution < -0.4 is 20.5 Å². The van der Waals surface area contributed by atoms with Gasteiger partial charge >= 0.3 is 10.1 Å². The number of hydrazone groups is 1. The molecule has 1 aliphatic rings. The fourth-order valence-electron chi connectivity index (χ4n) is 3.28. The molecular formula is C20H27Cl3N4O4S. The molecule has 12 heteroatoms. The molecule has 1 saturated heterocycles. The first-order chi connectivity index (χ1) is 14.3. The summed E-state index contributed by atoms with van der Waals surface area (Å²) in [4.78, 5) is 1.89. The van der Waals surface area contributed by atoms with Crippen LogP contribution in [-0.4, -0.2) is 39.4 Å². The number of nitrogens with zero attached hydrogens (tertiary/aromatic N) is 2. The quantitative estimate of drug-likeness (QED) is 0.141. The van der Waals surface area contributed by atoms with E-state index >= 15 is 0 Å². The molecule has 178 valence electrons. The molecule has 0 radical (unpaired) electrons. The van der Waals surface area contributed by atoms with E-state index in [-0.39, 0.29) is 46.2 Å². The maximum absolute atomic E-state index is 12.7. The number of aryl methyl sites for hydroxylation is 1. The van der Waals surface area contributed by atoms with Gasteiger partial charge in [-0.2, -0.15) is 13.5 Å². The number of hydrogen-bond acceptors (Lipinski definition) is 7. The van der Waals surface area contributed by atoms with Crippen LogP contribution in [0.4, 0.5) is 5.69 Å². The fourth-order valence-corrected chi connectivity index (χ4v) is 4.71. The predicted octanol–water partition coefficient (Wildman–Crippen LogP) is 3.83. The first kappa shape index (κ1) is 28.0. The second-order valence-electron chi connectivity index (χ2n) is 7.23. The number of piperidine rings is 1. The van der Waals surface area contributed by atoms with Gasteiger partial charge in [-0.15, -0.1) is 24.8 Å². The van der Waals surface area contributed by atoms with E-state index in [9.17, 15) is 8.42 Å². The van der Waals surface area contributed by atoms with Crippen LogP contribution in [0.1, 0.15) is 18.4 Å². The Hall–Kier alpha value is -2.07. The largest absolute Gasteiger partial charge is 0.493 e. The Labute approximate surface area is 205 Å². The summed E-state index contributed by atoms with van der Waals surface area (Å²) in [6, 6.07) is 9.39. The topological polar surface area (TPSA) is 120 Å². The van der Waals surface area contributed by atoms with E-state index in [4.69, 9.17) is 32.1 Å². The molecule has 32 heavy (non-hydrogen) atoms. The number of benzene rings is 2. The van der Waals surface area contributed by atoms with Crippen molar-refractivity contribution in [3.05, 3.63) is 47.0 Å². The van der Waals surface area contributed by atoms with Crippen molar-refractivity contribution in [2.24, 2.45) is 16.9 Å². The summed E-state index contributed by atoms with van der Waals surface area (Å²) in [6.07, 6.45) is 3.57. The van der Waals surface area contributed by atoms with Crippen LogP contribution in [-0.2, 0) is 10.1 Å². The molecule has 0 unspecified atom stereocenters. The Morgan fingerprint density at radius 1 is 1.19 bits per heavy atom. The van der Waals surface area contributed by atoms with Gasteiger partial charge in [-0.25, -0.2) is 0 Å². The lowest BCUT2D eigenvalue weighted by Gasteiger charge is -2.30. The lowest BCUT2D eigenvalue weighted by molar-refractivity contribution is 0.183. The first-order valence-electron chi connectivity index (χ1n) is 9.49. The van der Waals surface area contributed by atoms with Crippen LogP contribution >= 0.6 is 36.4 Å². The van der Waals surface area contributed by atoms with Crippen molar-refractivity contribution in [1.29, 1.82) is 0 Å². The van der Waals surface area contributed by atoms with E-state index in [0.29, 0.717) is 18.3 Å². The van der Waals surface area contributed by atoms with E-state index in [1.54, 1.807) is 18.5 Å². The molecule has 3 rings (SSSR count). The first-order valence-corrected chi connectivity index (χ1v) is 11.3. The summed E-state index contributed by atoms with van der Waals surface area (Å²) in [6.45, 7) is 4.11. The zero-order valence-electron chi connectivity index (χ0n) is 17.4. The predicted molar refractivity (Wildman–Crippen MR) is 132 cm³/mol. The number of likely N-dealkylation sites (tertiary alicyclic amines) is 1. The Balaban J connectivity index is 0.00000256. The third-order valence-corrected chi connectivity index (χ3v) is 6.68. The lowest BCUT2D eigenvalue weighted by atomic mass is 9.98. The minimum Gasteiger partial charge on any atom is -0.493 e. The molecular weight excluding hydrogens is 499 g/mol. The molecule has 0 aliphatic carbocycles. The second-order valence-corrected chi connectivity index (χ2v) is 9.13. The van der Waals surface area contributed by atoms with Crippen molar-refractivity contribution in [2.45, 2.75) is 24.7 Å². The Kier molecular flexibility index (Phi) is 10.7. The van der Waals surface area contributed by atoms with Gasteiger partial charge in [0.2, 0.25) is 0 Å². The number of anilines is 1. The maximum Gasteiger partial charge on any atom is 0.340 e. The summed E-state index contributed by atoms with van der Waals surface area (Å²) >= 11 is 6.04. The van der Waals surface area contributed by atoms with Crippen molar-refractivity contribution in [1.82, 2.24) is 4.90 Å². The molecule has 1 aliphatic heterocycles. The zero-order chi connectivity index (χ0) is 21.7. The summed E-state index contributed by atoms with van der Waals surface area (Å²) in [7, 11) is -4.14. The monoisotopic (exact) mass is 524 g/mol. The van der Waals surface area contributed by atoms with Crippen LogP contribution in [0.5, 0.6) is 11.5 Å². The van der Waals surface area contributed by atoms with Gasteiger partial charge in [-0.3, -0.25) is 0 Å². The summed E-state index contributed by atoms with van der Waals surface area (Å²) in [5.41, 5.74) is 6.68. The molecule has 4 N–H and O–H groups in total. The third kappa shape index (κ3) is 7.23. The molecule has 0 saturated carbocycles. The van der Waals surface area contributed by atoms with Gasteiger partial charge in [0.1, 0.15) is 22.7 Å². The van der Waals surface area contributed by atoms with Gasteiger partial charge in [0.15, 0.2) is 0 Å². The van der Waals surface area contributed by atoms with Crippen molar-refractivity contribution in [2.75, 3.05) is 25.4 Å². The average Bonchev–Trinajstić information content (AvgIpc) is 2.69. The highest BCUT2D eigenvalue weighted by Crippen LogP contribution is 2.31. The fraction of sp³-hybridized carbons (Fsp3) is 0.350. The lowest BCUT2D eigenvalue weighted by Crippen LogP contribution is -2.34. The van der Waals surface area contributed by atoms with Gasteiger partial charge in [-0.1, -0.05) is 17.7 Å². The average molecular weight is 526 g/mol. The molecule has 1 heterocycles. The minimum atomic E-state index is -4.14. The van der Waals surface area contributed by atoms with Crippen LogP contribution in [0, 0.1) is 12.8 Å². The molecule has 2 aromatic rings. The van der Waals surface area contributed by atoms with Crippen LogP contribution in [0.15, 0.2) is 46.4 Å². The van der Waals surface area contributed by atoms with Gasteiger partial charge in [-0.05, 0) is 55.5 Å². The van der Waals surface area contributed by atoms with Crippen molar-refractivity contribution < 1.29 is 17.3 Å². The van der Waals surface area contributed by atoms with Gasteiger partial charge < -0.3 is 25.4 Å². The van der Waals surface area contributed by atoms with E-state index in [0.717, 1.165) is 31.5 Å². The second kappa shape index (κ2) is 12.2. The molecule has 0 aromatic heterocycles. The van der Waals surface area contributed by atoms with Crippen LogP contribution in [0.25, 0.3) is 0 Å². The molecule has 0 bridgehead atoms. The highest BCUT2D eigenvalue weighted by atomic mass is 35.5. The van der Waals surface area contributed by atoms with Gasteiger partial charge in [0.25, 0.3) is 0 Å². The number of ether oxygens (including phenoxy) is 1. The van der Waals surface area contributed by atoms with Crippen LogP contribution in [0.3, 0.4) is 0 Å². The molecule has 0 amide bonds. The standard InChI is InChI=1S/C20H25ClN4O4S.2ClH/c1-14-9-16(28-12-15-5-7-25(8-6-15)13-24-23)11-17(10-14)29-30(26,27)19-4-2-3-18(22)20(19)21;;/h2-4,9-11,13,15H,5-8,12,22-23H2,1H3;2*1H. The molecule has 0 atom stereocenters. The Bertz CT molecular complexity index is 1030. The number of halogens is 3. The van der Waals surface area contributed by atoms with Gasteiger partial charge in [0.05, 0.1) is 17.3 Å². The van der Waals surface area contributed by atoms with E-state index in [1.807, 2.05) is 13.0 Å². The summed E-state index contributed by atoms with van der Waals surface area (Å²) in [5.74, 6) is 6.28. The van der Waals surface area contributed by atoms with Crippen molar-refractivity contribution >= 4 is 58.6 Å². The highest BCUT2D eigenvalue weighted by molar-refractivity contribution is 7.87. The number of hydrogen-bond donors (Lipinski definition) is 2. The van der Waals surface area contributed by atoms with E-state index in [1.165, 1.54) is 18.2 Å². The normalized spacial score (nSPS) is 14.5. The summed E-state index contributed by atoms with van der Waals surface area (Å²) in [5, 5.41) is 3.49. The van der Waals surface area contributed by atoms with Crippen molar-refractivity contribution in [3.8, 4) is 11.5 Å². The molecule has 8 nitrogen and oxygen atoms in total. The molecule has 2 aromatic carbocycles. The van der Waals surface area contributed by atoms with E-state index in [2.05, 4.69) is 10.0 Å². The Morgan fingerprint density at radius 3 is 2.50 bits per heavy atom. The van der Waals surface area contributed by atoms with Gasteiger partial charge in [0, 0.05) is 19.2 Å². The zero-order valence-corrected chi connectivity index (χ0v) is 20.6. The SMILES string of the molecule is Cc1cc(OCC2CCN(C=NN)CC2)cc(OS(=O)(=O)c2cccc(N)c2Cl)c1.Cl.Cl. The summed E-state index contributed by atoms with van der Waals surface area (Å²) < 4.78 is 36.5. The minimum absolute atomic E-state index is 0. The third-order valence-electron chi connectivity index (χ3n) is 4.86.